The summed E-state index contributed by atoms with van der Waals surface area (Å²) < 4.78 is 12.2. The number of nitrogens with one attached hydrogen (secondary N) is 1. The number of H-pyrrole nitrogens is 1. The highest BCUT2D eigenvalue weighted by atomic mass is 16.5. The quantitative estimate of drug-likeness (QED) is 0.590. The minimum atomic E-state index is -0.297. The second-order valence-corrected chi connectivity index (χ2v) is 6.02. The van der Waals surface area contributed by atoms with Gasteiger partial charge in [0.05, 0.1) is 26.3 Å². The Morgan fingerprint density at radius 3 is 2.63 bits per heavy atom. The minimum Gasteiger partial charge on any atom is -0.493 e. The van der Waals surface area contributed by atoms with E-state index in [0.29, 0.717) is 29.6 Å². The molecule has 0 bridgehead atoms. The van der Waals surface area contributed by atoms with Gasteiger partial charge >= 0.3 is 5.69 Å². The molecule has 0 amide bonds. The lowest BCUT2D eigenvalue weighted by Gasteiger charge is -2.11. The number of fused-ring (bicyclic) bond motifs is 1. The number of benzene rings is 2. The van der Waals surface area contributed by atoms with E-state index in [1.54, 1.807) is 18.8 Å². The van der Waals surface area contributed by atoms with Gasteiger partial charge in [0.15, 0.2) is 17.3 Å². The summed E-state index contributed by atoms with van der Waals surface area (Å²) in [6.45, 7) is 0.333. The first kappa shape index (κ1) is 16.8. The van der Waals surface area contributed by atoms with Gasteiger partial charge in [0.25, 0.3) is 0 Å². The fourth-order valence-electron chi connectivity index (χ4n) is 3.01. The summed E-state index contributed by atoms with van der Waals surface area (Å²) in [4.78, 5) is 17.0. The second kappa shape index (κ2) is 6.95. The molecule has 4 rings (SSSR count). The molecule has 0 spiro atoms. The third kappa shape index (κ3) is 3.15. The van der Waals surface area contributed by atoms with Crippen molar-refractivity contribution >= 4 is 10.9 Å². The van der Waals surface area contributed by atoms with Crippen LogP contribution in [-0.4, -0.2) is 34.0 Å². The van der Waals surface area contributed by atoms with Crippen molar-refractivity contribution in [1.29, 1.82) is 0 Å². The number of methoxy groups -OCH3 is 2. The number of ether oxygens (including phenoxy) is 2. The summed E-state index contributed by atoms with van der Waals surface area (Å²) >= 11 is 0. The Balaban J connectivity index is 1.74. The van der Waals surface area contributed by atoms with Crippen molar-refractivity contribution in [3.05, 3.63) is 70.6 Å². The molecule has 1 N–H and O–H groups in total. The van der Waals surface area contributed by atoms with Gasteiger partial charge in [-0.25, -0.2) is 14.9 Å². The molecular formula is C20H18N4O3. The lowest BCUT2D eigenvalue weighted by Crippen LogP contribution is -2.18. The van der Waals surface area contributed by atoms with E-state index in [4.69, 9.17) is 9.47 Å². The molecule has 4 aromatic rings. The number of pyridine rings is 1. The van der Waals surface area contributed by atoms with E-state index in [1.165, 1.54) is 0 Å². The predicted molar refractivity (Wildman–Crippen MR) is 102 cm³/mol. The van der Waals surface area contributed by atoms with Crippen molar-refractivity contribution in [2.24, 2.45) is 0 Å². The average Bonchev–Trinajstić information content (AvgIpc) is 3.07. The van der Waals surface area contributed by atoms with Gasteiger partial charge < -0.3 is 9.47 Å². The Kier molecular flexibility index (Phi) is 4.33. The molecule has 0 atom stereocenters. The molecular weight excluding hydrogens is 344 g/mol. The number of aromatic amines is 1. The van der Waals surface area contributed by atoms with Crippen LogP contribution in [0.15, 0.2) is 59.4 Å². The standard InChI is InChI=1S/C20H18N4O3/c1-26-17-10-7-13(11-18(17)27-2)12-24-19(22-23-20(24)25)16-9-8-14-5-3-4-6-15(14)21-16/h3-11H,12H2,1-2H3,(H,23,25). The Bertz CT molecular complexity index is 1160. The molecule has 0 fully saturated rings. The highest BCUT2D eigenvalue weighted by Gasteiger charge is 2.14. The Labute approximate surface area is 155 Å². The molecule has 2 aromatic carbocycles. The highest BCUT2D eigenvalue weighted by molar-refractivity contribution is 5.80. The monoisotopic (exact) mass is 362 g/mol. The van der Waals surface area contributed by atoms with Crippen LogP contribution in [-0.2, 0) is 6.54 Å². The van der Waals surface area contributed by atoms with Gasteiger partial charge in [-0.1, -0.05) is 30.3 Å². The molecule has 27 heavy (non-hydrogen) atoms. The Morgan fingerprint density at radius 1 is 1.00 bits per heavy atom. The lowest BCUT2D eigenvalue weighted by atomic mass is 10.2. The first-order valence-corrected chi connectivity index (χ1v) is 8.42. The van der Waals surface area contributed by atoms with E-state index >= 15 is 0 Å². The molecule has 0 aliphatic carbocycles. The topological polar surface area (TPSA) is 82.0 Å². The zero-order valence-electron chi connectivity index (χ0n) is 15.0. The summed E-state index contributed by atoms with van der Waals surface area (Å²) in [6, 6.07) is 17.2. The third-order valence-corrected chi connectivity index (χ3v) is 4.37. The molecule has 136 valence electrons. The van der Waals surface area contributed by atoms with Gasteiger partial charge in [-0.05, 0) is 29.8 Å². The van der Waals surface area contributed by atoms with Crippen molar-refractivity contribution in [1.82, 2.24) is 19.7 Å². The van der Waals surface area contributed by atoms with Gasteiger partial charge in [-0.3, -0.25) is 4.57 Å². The maximum atomic E-state index is 12.3. The van der Waals surface area contributed by atoms with E-state index < -0.39 is 0 Å². The molecule has 0 saturated carbocycles. The number of nitrogens with zero attached hydrogens (tertiary/aromatic N) is 3. The first-order chi connectivity index (χ1) is 13.2. The maximum Gasteiger partial charge on any atom is 0.343 e. The maximum absolute atomic E-state index is 12.3. The number of hydrogen-bond acceptors (Lipinski definition) is 5. The van der Waals surface area contributed by atoms with Crippen molar-refractivity contribution in [2.75, 3.05) is 14.2 Å². The number of para-hydroxylation sites is 1. The molecule has 0 aliphatic heterocycles. The number of rotatable bonds is 5. The summed E-state index contributed by atoms with van der Waals surface area (Å²) in [5.41, 5.74) is 2.07. The zero-order valence-corrected chi connectivity index (χ0v) is 15.0. The van der Waals surface area contributed by atoms with Crippen LogP contribution in [0.25, 0.3) is 22.4 Å². The van der Waals surface area contributed by atoms with Crippen LogP contribution in [0.2, 0.25) is 0 Å². The Morgan fingerprint density at radius 2 is 1.81 bits per heavy atom. The van der Waals surface area contributed by atoms with E-state index in [-0.39, 0.29) is 5.69 Å². The zero-order chi connectivity index (χ0) is 18.8. The highest BCUT2D eigenvalue weighted by Crippen LogP contribution is 2.28. The van der Waals surface area contributed by atoms with E-state index in [2.05, 4.69) is 15.2 Å². The molecule has 2 aromatic heterocycles. The number of aromatic nitrogens is 4. The molecule has 0 radical (unpaired) electrons. The molecule has 0 unspecified atom stereocenters. The molecule has 7 nitrogen and oxygen atoms in total. The Hall–Kier alpha value is -3.61. The first-order valence-electron chi connectivity index (χ1n) is 8.42. The van der Waals surface area contributed by atoms with Crippen LogP contribution < -0.4 is 15.2 Å². The lowest BCUT2D eigenvalue weighted by molar-refractivity contribution is 0.354. The van der Waals surface area contributed by atoms with Crippen molar-refractivity contribution < 1.29 is 9.47 Å². The molecule has 2 heterocycles. The van der Waals surface area contributed by atoms with E-state index in [9.17, 15) is 4.79 Å². The van der Waals surface area contributed by atoms with Crippen LogP contribution in [0.1, 0.15) is 5.56 Å². The van der Waals surface area contributed by atoms with Gasteiger partial charge in [-0.15, -0.1) is 0 Å². The van der Waals surface area contributed by atoms with Crippen LogP contribution in [0.5, 0.6) is 11.5 Å². The summed E-state index contributed by atoms with van der Waals surface area (Å²) in [6.07, 6.45) is 0. The molecule has 0 saturated heterocycles. The van der Waals surface area contributed by atoms with Crippen LogP contribution >= 0.6 is 0 Å². The average molecular weight is 362 g/mol. The minimum absolute atomic E-state index is 0.297. The van der Waals surface area contributed by atoms with Gasteiger partial charge in [0.1, 0.15) is 5.69 Å². The van der Waals surface area contributed by atoms with Gasteiger partial charge in [0, 0.05) is 5.39 Å². The third-order valence-electron chi connectivity index (χ3n) is 4.37. The second-order valence-electron chi connectivity index (χ2n) is 6.02. The van der Waals surface area contributed by atoms with Gasteiger partial charge in [0.2, 0.25) is 0 Å². The fraction of sp³-hybridized carbons (Fsp3) is 0.150. The summed E-state index contributed by atoms with van der Waals surface area (Å²) in [7, 11) is 3.16. The van der Waals surface area contributed by atoms with Crippen LogP contribution in [0.4, 0.5) is 0 Å². The molecule has 7 heteroatoms. The largest absolute Gasteiger partial charge is 0.493 e. The normalized spacial score (nSPS) is 10.9. The van der Waals surface area contributed by atoms with Crippen LogP contribution in [0.3, 0.4) is 0 Å². The van der Waals surface area contributed by atoms with Gasteiger partial charge in [-0.2, -0.15) is 5.10 Å². The van der Waals surface area contributed by atoms with Crippen LogP contribution in [0, 0.1) is 0 Å². The number of hydrogen-bond donors (Lipinski definition) is 1. The predicted octanol–water partition coefficient (Wildman–Crippen LogP) is 2.85. The summed E-state index contributed by atoms with van der Waals surface area (Å²) in [5.74, 6) is 1.73. The van der Waals surface area contributed by atoms with E-state index in [0.717, 1.165) is 16.5 Å². The molecule has 0 aliphatic rings. The van der Waals surface area contributed by atoms with Crippen molar-refractivity contribution in [2.45, 2.75) is 6.54 Å². The van der Waals surface area contributed by atoms with E-state index in [1.807, 2.05) is 54.6 Å². The van der Waals surface area contributed by atoms with Crippen molar-refractivity contribution in [3.8, 4) is 23.0 Å². The fourth-order valence-corrected chi connectivity index (χ4v) is 3.01. The smallest absolute Gasteiger partial charge is 0.343 e. The van der Waals surface area contributed by atoms with Crippen molar-refractivity contribution in [3.63, 3.8) is 0 Å². The SMILES string of the molecule is COc1ccc(Cn2c(-c3ccc4ccccc4n3)n[nH]c2=O)cc1OC. The summed E-state index contributed by atoms with van der Waals surface area (Å²) in [5, 5.41) is 7.72.